The summed E-state index contributed by atoms with van der Waals surface area (Å²) in [5.41, 5.74) is 8.47. The number of nitrogens with two attached hydrogens (primary N) is 1. The van der Waals surface area contributed by atoms with Crippen molar-refractivity contribution in [2.24, 2.45) is 14.1 Å². The quantitative estimate of drug-likeness (QED) is 0.246. The van der Waals surface area contributed by atoms with Crippen LogP contribution in [-0.2, 0) is 14.1 Å². The Labute approximate surface area is 253 Å². The van der Waals surface area contributed by atoms with Gasteiger partial charge in [-0.1, -0.05) is 12.1 Å². The zero-order valence-electron chi connectivity index (χ0n) is 25.2. The number of hydrogen-bond acceptors (Lipinski definition) is 7. The SMILES string of the molecule is C[NH2+]/C=C(\C=N)n1cc(-n2cc3c(-c4nc(-c5cc6cn(C)nc6nc5C5CC5)n(C)c4C4CC4)cccc3n2)c(OC)n1. The smallest absolute Gasteiger partial charge is 0.259 e. The Morgan fingerprint density at radius 2 is 1.82 bits per heavy atom. The minimum absolute atomic E-state index is 0.424. The maximum Gasteiger partial charge on any atom is 0.259 e. The van der Waals surface area contributed by atoms with Gasteiger partial charge in [-0.25, -0.2) is 19.3 Å². The van der Waals surface area contributed by atoms with E-state index in [0.717, 1.165) is 76.0 Å². The Morgan fingerprint density at radius 1 is 1.00 bits per heavy atom. The van der Waals surface area contributed by atoms with E-state index in [0.29, 0.717) is 29.1 Å². The van der Waals surface area contributed by atoms with Crippen LogP contribution in [0.2, 0.25) is 0 Å². The predicted molar refractivity (Wildman–Crippen MR) is 168 cm³/mol. The molecule has 0 radical (unpaired) electrons. The van der Waals surface area contributed by atoms with E-state index >= 15 is 0 Å². The summed E-state index contributed by atoms with van der Waals surface area (Å²) in [4.78, 5) is 10.4. The van der Waals surface area contributed by atoms with Crippen molar-refractivity contribution in [1.29, 1.82) is 5.41 Å². The summed E-state index contributed by atoms with van der Waals surface area (Å²) in [6.45, 7) is 0. The largest absolute Gasteiger partial charge is 0.478 e. The Bertz CT molecular complexity index is 2120. The van der Waals surface area contributed by atoms with E-state index in [-0.39, 0.29) is 0 Å². The van der Waals surface area contributed by atoms with Gasteiger partial charge in [-0.05, 0) is 37.8 Å². The minimum Gasteiger partial charge on any atom is -0.478 e. The first-order valence-corrected chi connectivity index (χ1v) is 15.0. The van der Waals surface area contributed by atoms with Gasteiger partial charge in [0.2, 0.25) is 0 Å². The van der Waals surface area contributed by atoms with Gasteiger partial charge in [-0.15, -0.1) is 5.10 Å². The molecule has 5 heterocycles. The van der Waals surface area contributed by atoms with Gasteiger partial charge in [0.15, 0.2) is 5.65 Å². The van der Waals surface area contributed by atoms with Crippen LogP contribution in [0.3, 0.4) is 0 Å². The third-order valence-electron chi connectivity index (χ3n) is 8.60. The summed E-state index contributed by atoms with van der Waals surface area (Å²) in [6.07, 6.45) is 13.6. The second kappa shape index (κ2) is 9.98. The Kier molecular flexibility index (Phi) is 6.02. The summed E-state index contributed by atoms with van der Waals surface area (Å²) in [6, 6.07) is 8.44. The van der Waals surface area contributed by atoms with Crippen LogP contribution in [0.5, 0.6) is 5.88 Å². The highest BCUT2D eigenvalue weighted by atomic mass is 16.5. The van der Waals surface area contributed by atoms with Crippen LogP contribution >= 0.6 is 0 Å². The molecule has 5 aromatic heterocycles. The molecule has 0 atom stereocenters. The summed E-state index contributed by atoms with van der Waals surface area (Å²) in [7, 11) is 7.59. The minimum atomic E-state index is 0.424. The number of pyridine rings is 1. The van der Waals surface area contributed by atoms with Crippen molar-refractivity contribution in [3.05, 3.63) is 60.4 Å². The van der Waals surface area contributed by atoms with Crippen molar-refractivity contribution in [2.45, 2.75) is 37.5 Å². The number of nitrogens with one attached hydrogen (secondary N) is 1. The molecule has 0 aliphatic heterocycles. The Morgan fingerprint density at radius 3 is 2.55 bits per heavy atom. The predicted octanol–water partition coefficient (Wildman–Crippen LogP) is 3.98. The van der Waals surface area contributed by atoms with Crippen molar-refractivity contribution in [3.63, 3.8) is 0 Å². The van der Waals surface area contributed by atoms with Crippen molar-refractivity contribution < 1.29 is 10.1 Å². The lowest BCUT2D eigenvalue weighted by Crippen LogP contribution is -2.73. The molecule has 2 aliphatic carbocycles. The molecule has 6 aromatic rings. The second-order valence-electron chi connectivity index (χ2n) is 11.8. The number of quaternary nitrogens is 1. The van der Waals surface area contributed by atoms with Gasteiger partial charge in [0.25, 0.3) is 5.88 Å². The van der Waals surface area contributed by atoms with E-state index < -0.39 is 0 Å². The van der Waals surface area contributed by atoms with Crippen LogP contribution in [0.1, 0.15) is 48.9 Å². The highest BCUT2D eigenvalue weighted by molar-refractivity contribution is 5.99. The maximum absolute atomic E-state index is 7.82. The molecule has 3 N–H and O–H groups in total. The molecule has 0 amide bonds. The molecule has 12 nitrogen and oxygen atoms in total. The Hall–Kier alpha value is -5.10. The normalized spacial score (nSPS) is 15.5. The first-order chi connectivity index (χ1) is 21.5. The molecule has 2 aliphatic rings. The van der Waals surface area contributed by atoms with Gasteiger partial charge in [-0.2, -0.15) is 10.2 Å². The van der Waals surface area contributed by atoms with Crippen molar-refractivity contribution in [1.82, 2.24) is 43.9 Å². The van der Waals surface area contributed by atoms with Gasteiger partial charge in [-0.3, -0.25) is 4.68 Å². The molecule has 0 spiro atoms. The van der Waals surface area contributed by atoms with Crippen LogP contribution < -0.4 is 10.1 Å². The number of imidazole rings is 1. The fourth-order valence-electron chi connectivity index (χ4n) is 6.23. The average molecular weight is 589 g/mol. The van der Waals surface area contributed by atoms with Gasteiger partial charge in [0, 0.05) is 72.1 Å². The van der Waals surface area contributed by atoms with E-state index in [1.165, 1.54) is 11.9 Å². The number of methoxy groups -OCH3 is 1. The van der Waals surface area contributed by atoms with Crippen LogP contribution in [0.25, 0.3) is 56.0 Å². The maximum atomic E-state index is 7.82. The molecule has 12 heteroatoms. The first kappa shape index (κ1) is 26.5. The van der Waals surface area contributed by atoms with Crippen molar-refractivity contribution >= 4 is 33.8 Å². The van der Waals surface area contributed by atoms with E-state index in [4.69, 9.17) is 25.2 Å². The number of hydrogen-bond donors (Lipinski definition) is 2. The molecule has 2 saturated carbocycles. The number of benzene rings is 1. The summed E-state index contributed by atoms with van der Waals surface area (Å²) < 4.78 is 13.2. The van der Waals surface area contributed by atoms with Crippen molar-refractivity contribution in [2.75, 3.05) is 14.2 Å². The summed E-state index contributed by atoms with van der Waals surface area (Å²) in [5.74, 6) is 2.30. The molecule has 44 heavy (non-hydrogen) atoms. The number of fused-ring (bicyclic) bond motifs is 2. The molecule has 0 bridgehead atoms. The van der Waals surface area contributed by atoms with Crippen LogP contribution in [0.4, 0.5) is 0 Å². The van der Waals surface area contributed by atoms with Gasteiger partial charge in [0.1, 0.15) is 23.4 Å². The first-order valence-electron chi connectivity index (χ1n) is 15.0. The highest BCUT2D eigenvalue weighted by Crippen LogP contribution is 2.49. The van der Waals surface area contributed by atoms with Crippen molar-refractivity contribution in [3.8, 4) is 34.2 Å². The molecule has 0 unspecified atom stereocenters. The van der Waals surface area contributed by atoms with E-state index in [1.807, 2.05) is 61.0 Å². The molecular weight excluding hydrogens is 554 g/mol. The fraction of sp³-hybridized carbons (Fsp3) is 0.312. The van der Waals surface area contributed by atoms with Gasteiger partial charge in [0.05, 0.1) is 37.3 Å². The monoisotopic (exact) mass is 588 g/mol. The molecule has 0 saturated heterocycles. The number of aryl methyl sites for hydroxylation is 1. The lowest BCUT2D eigenvalue weighted by atomic mass is 10.0. The lowest BCUT2D eigenvalue weighted by molar-refractivity contribution is -0.555. The van der Waals surface area contributed by atoms with E-state index in [9.17, 15) is 0 Å². The van der Waals surface area contributed by atoms with E-state index in [1.54, 1.807) is 16.5 Å². The molecular formula is C32H34N11O+. The van der Waals surface area contributed by atoms with Crippen LogP contribution in [-0.4, -0.2) is 64.2 Å². The van der Waals surface area contributed by atoms with Gasteiger partial charge >= 0.3 is 0 Å². The third kappa shape index (κ3) is 4.24. The van der Waals surface area contributed by atoms with E-state index in [2.05, 4.69) is 33.9 Å². The number of nitrogens with zero attached hydrogens (tertiary/aromatic N) is 9. The molecule has 2 fully saturated rings. The average Bonchev–Trinajstić information content (AvgIpc) is 3.89. The zero-order valence-corrected chi connectivity index (χ0v) is 25.2. The number of rotatable bonds is 9. The molecule has 8 rings (SSSR count). The number of ether oxygens (including phenoxy) is 1. The Balaban J connectivity index is 1.29. The summed E-state index contributed by atoms with van der Waals surface area (Å²) >= 11 is 0. The standard InChI is InChI=1S/C32H33N11O/c1-34-14-21(13-33)42-17-26(32(39-42)44-4)43-16-24-22(6-5-7-25(24)37-43)28-29(19-10-11-19)41(3)31(36-28)23-12-20-15-40(2)38-30(20)35-27(23)18-8-9-18/h5-7,12-19,33-34H,8-11H2,1-4H3/p+1/b21-14+,33-13?. The van der Waals surface area contributed by atoms with Crippen LogP contribution in [0, 0.1) is 5.41 Å². The van der Waals surface area contributed by atoms with Crippen LogP contribution in [0.15, 0.2) is 49.1 Å². The number of aromatic nitrogens is 9. The topological polar surface area (TPSA) is 134 Å². The van der Waals surface area contributed by atoms with Gasteiger partial charge < -0.3 is 20.0 Å². The number of allylic oxidation sites excluding steroid dienone is 1. The lowest BCUT2D eigenvalue weighted by Gasteiger charge is -2.10. The third-order valence-corrected chi connectivity index (χ3v) is 8.60. The summed E-state index contributed by atoms with van der Waals surface area (Å²) in [5, 5.41) is 25.8. The molecule has 1 aromatic carbocycles. The molecule has 222 valence electrons. The second-order valence-corrected chi connectivity index (χ2v) is 11.8. The fourth-order valence-corrected chi connectivity index (χ4v) is 6.23. The zero-order chi connectivity index (χ0) is 30.1. The highest BCUT2D eigenvalue weighted by Gasteiger charge is 2.35.